The smallest absolute Gasteiger partial charge is 0.258 e. The van der Waals surface area contributed by atoms with Gasteiger partial charge in [-0.3, -0.25) is 9.59 Å². The zero-order chi connectivity index (χ0) is 20.1. The van der Waals surface area contributed by atoms with Crippen LogP contribution in [0.2, 0.25) is 0 Å². The topological polar surface area (TPSA) is 84.9 Å². The van der Waals surface area contributed by atoms with Crippen LogP contribution in [0, 0.1) is 5.92 Å². The molecule has 2 N–H and O–H groups in total. The van der Waals surface area contributed by atoms with Crippen LogP contribution in [-0.4, -0.2) is 41.7 Å². The first-order valence-electron chi connectivity index (χ1n) is 10.4. The van der Waals surface area contributed by atoms with Crippen molar-refractivity contribution in [2.24, 2.45) is 5.92 Å². The van der Waals surface area contributed by atoms with Crippen molar-refractivity contribution in [1.82, 2.24) is 5.32 Å². The van der Waals surface area contributed by atoms with Crippen LogP contribution in [0.1, 0.15) is 69.2 Å². The molecular formula is C22H31NO5. The van der Waals surface area contributed by atoms with Gasteiger partial charge in [0.05, 0.1) is 24.6 Å². The van der Waals surface area contributed by atoms with Gasteiger partial charge in [-0.1, -0.05) is 26.7 Å². The lowest BCUT2D eigenvalue weighted by Crippen LogP contribution is -2.44. The highest BCUT2D eigenvalue weighted by Crippen LogP contribution is 2.42. The Morgan fingerprint density at radius 3 is 2.75 bits per heavy atom. The number of nitrogens with one attached hydrogen (secondary N) is 1. The zero-order valence-electron chi connectivity index (χ0n) is 16.8. The summed E-state index contributed by atoms with van der Waals surface area (Å²) in [5.74, 6) is 1.08. The molecule has 0 bridgehead atoms. The average molecular weight is 389 g/mol. The van der Waals surface area contributed by atoms with Gasteiger partial charge >= 0.3 is 0 Å². The highest BCUT2D eigenvalue weighted by atomic mass is 16.5. The van der Waals surface area contributed by atoms with Gasteiger partial charge in [0.25, 0.3) is 5.91 Å². The van der Waals surface area contributed by atoms with Crippen LogP contribution in [0.15, 0.2) is 18.2 Å². The Balaban J connectivity index is 1.63. The molecule has 28 heavy (non-hydrogen) atoms. The van der Waals surface area contributed by atoms with Gasteiger partial charge < -0.3 is 19.9 Å². The third-order valence-electron chi connectivity index (χ3n) is 6.07. The molecule has 1 saturated carbocycles. The first-order valence-corrected chi connectivity index (χ1v) is 10.4. The molecular weight excluding hydrogens is 358 g/mol. The van der Waals surface area contributed by atoms with Crippen molar-refractivity contribution in [3.63, 3.8) is 0 Å². The van der Waals surface area contributed by atoms with Gasteiger partial charge in [-0.05, 0) is 43.7 Å². The summed E-state index contributed by atoms with van der Waals surface area (Å²) < 4.78 is 11.9. The van der Waals surface area contributed by atoms with Crippen molar-refractivity contribution in [2.75, 3.05) is 13.2 Å². The molecule has 0 radical (unpaired) electrons. The minimum absolute atomic E-state index is 0.0996. The van der Waals surface area contributed by atoms with Crippen molar-refractivity contribution in [3.05, 3.63) is 23.8 Å². The Kier molecular flexibility index (Phi) is 6.60. The quantitative estimate of drug-likeness (QED) is 0.748. The van der Waals surface area contributed by atoms with E-state index in [9.17, 15) is 14.7 Å². The molecule has 0 unspecified atom stereocenters. The number of hydrogen-bond acceptors (Lipinski definition) is 5. The number of aliphatic hydroxyl groups excluding tert-OH is 1. The lowest BCUT2D eigenvalue weighted by atomic mass is 9.78. The van der Waals surface area contributed by atoms with Crippen molar-refractivity contribution >= 4 is 11.7 Å². The fourth-order valence-corrected chi connectivity index (χ4v) is 4.09. The summed E-state index contributed by atoms with van der Waals surface area (Å²) in [4.78, 5) is 24.7. The van der Waals surface area contributed by atoms with Crippen LogP contribution in [0.3, 0.4) is 0 Å². The number of Topliss-reactive ketones (excluding diaryl/α,β-unsaturated/α-hetero) is 1. The number of fused-ring (bicyclic) bond motifs is 1. The van der Waals surface area contributed by atoms with E-state index in [1.54, 1.807) is 18.2 Å². The van der Waals surface area contributed by atoms with Gasteiger partial charge in [0.2, 0.25) is 0 Å². The van der Waals surface area contributed by atoms with E-state index < -0.39 is 0 Å². The van der Waals surface area contributed by atoms with Crippen LogP contribution >= 0.6 is 0 Å². The monoisotopic (exact) mass is 389 g/mol. The van der Waals surface area contributed by atoms with E-state index in [1.165, 1.54) is 6.42 Å². The fraction of sp³-hybridized carbons (Fsp3) is 0.636. The van der Waals surface area contributed by atoms with Crippen LogP contribution in [0.5, 0.6) is 11.5 Å². The summed E-state index contributed by atoms with van der Waals surface area (Å²) in [6.07, 6.45) is 6.48. The molecule has 0 saturated heterocycles. The molecule has 2 atom stereocenters. The first kappa shape index (κ1) is 20.6. The number of ketones is 1. The van der Waals surface area contributed by atoms with Gasteiger partial charge in [0.15, 0.2) is 12.4 Å². The van der Waals surface area contributed by atoms with E-state index >= 15 is 0 Å². The van der Waals surface area contributed by atoms with E-state index in [2.05, 4.69) is 5.32 Å². The zero-order valence-corrected chi connectivity index (χ0v) is 16.8. The maximum Gasteiger partial charge on any atom is 0.258 e. The van der Waals surface area contributed by atoms with Crippen LogP contribution in [0.25, 0.3) is 0 Å². The third-order valence-corrected chi connectivity index (χ3v) is 6.07. The van der Waals surface area contributed by atoms with Gasteiger partial charge in [-0.25, -0.2) is 0 Å². The minimum atomic E-state index is -0.372. The SMILES string of the molecule is CC[C@H](C)[C@@H](CO)NC(=O)COc1ccc2c(c1)OC1(CCCCC1)CC2=O. The lowest BCUT2D eigenvalue weighted by Gasteiger charge is -2.40. The third kappa shape index (κ3) is 4.66. The number of rotatable bonds is 7. The normalized spacial score (nSPS) is 20.0. The molecule has 1 aromatic carbocycles. The molecule has 154 valence electrons. The Morgan fingerprint density at radius 1 is 1.32 bits per heavy atom. The van der Waals surface area contributed by atoms with Crippen LogP contribution < -0.4 is 14.8 Å². The first-order chi connectivity index (χ1) is 13.5. The second-order valence-electron chi connectivity index (χ2n) is 8.13. The minimum Gasteiger partial charge on any atom is -0.486 e. The summed E-state index contributed by atoms with van der Waals surface area (Å²) in [5, 5.41) is 12.2. The van der Waals surface area contributed by atoms with Crippen molar-refractivity contribution in [1.29, 1.82) is 0 Å². The van der Waals surface area contributed by atoms with Gasteiger partial charge in [0, 0.05) is 6.07 Å². The van der Waals surface area contributed by atoms with Gasteiger partial charge in [-0.15, -0.1) is 0 Å². The van der Waals surface area contributed by atoms with Gasteiger partial charge in [0.1, 0.15) is 17.1 Å². The van der Waals surface area contributed by atoms with Crippen molar-refractivity contribution < 1.29 is 24.2 Å². The number of ether oxygens (including phenoxy) is 2. The second-order valence-corrected chi connectivity index (χ2v) is 8.13. The van der Waals surface area contributed by atoms with Crippen LogP contribution in [0.4, 0.5) is 0 Å². The highest BCUT2D eigenvalue weighted by Gasteiger charge is 2.41. The van der Waals surface area contributed by atoms with E-state index in [-0.39, 0.29) is 42.5 Å². The molecule has 1 aliphatic heterocycles. The predicted molar refractivity (Wildman–Crippen MR) is 106 cm³/mol. The lowest BCUT2D eigenvalue weighted by molar-refractivity contribution is -0.124. The maximum absolute atomic E-state index is 12.6. The molecule has 1 aromatic rings. The summed E-state index contributed by atoms with van der Waals surface area (Å²) in [6.45, 7) is 3.76. The van der Waals surface area contributed by atoms with Crippen molar-refractivity contribution in [2.45, 2.75) is 70.4 Å². The van der Waals surface area contributed by atoms with Crippen LogP contribution in [-0.2, 0) is 4.79 Å². The number of amides is 1. The fourth-order valence-electron chi connectivity index (χ4n) is 4.09. The Morgan fingerprint density at radius 2 is 2.07 bits per heavy atom. The molecule has 3 rings (SSSR count). The van der Waals surface area contributed by atoms with E-state index in [4.69, 9.17) is 9.47 Å². The molecule has 1 amide bonds. The summed E-state index contributed by atoms with van der Waals surface area (Å²) in [5.41, 5.74) is 0.216. The Labute approximate surface area is 166 Å². The molecule has 1 heterocycles. The summed E-state index contributed by atoms with van der Waals surface area (Å²) in [7, 11) is 0. The molecule has 2 aliphatic rings. The summed E-state index contributed by atoms with van der Waals surface area (Å²) in [6, 6.07) is 4.85. The van der Waals surface area contributed by atoms with E-state index in [1.807, 2.05) is 13.8 Å². The number of benzene rings is 1. The molecule has 1 fully saturated rings. The largest absolute Gasteiger partial charge is 0.486 e. The number of carbonyl (C=O) groups excluding carboxylic acids is 2. The number of aliphatic hydroxyl groups is 1. The molecule has 6 heteroatoms. The Bertz CT molecular complexity index is 711. The Hall–Kier alpha value is -2.08. The maximum atomic E-state index is 12.6. The van der Waals surface area contributed by atoms with E-state index in [0.29, 0.717) is 23.5 Å². The van der Waals surface area contributed by atoms with Crippen molar-refractivity contribution in [3.8, 4) is 11.5 Å². The van der Waals surface area contributed by atoms with Gasteiger partial charge in [-0.2, -0.15) is 0 Å². The molecule has 0 aromatic heterocycles. The molecule has 1 aliphatic carbocycles. The number of carbonyl (C=O) groups is 2. The second kappa shape index (κ2) is 8.95. The van der Waals surface area contributed by atoms with E-state index in [0.717, 1.165) is 32.1 Å². The molecule has 6 nitrogen and oxygen atoms in total. The number of hydrogen-bond donors (Lipinski definition) is 2. The standard InChI is InChI=1S/C22H31NO5/c1-3-15(2)18(13-24)23-21(26)14-27-16-7-8-17-19(25)12-22(28-20(17)11-16)9-5-4-6-10-22/h7-8,11,15,18,24H,3-6,9-10,12-14H2,1-2H3,(H,23,26)/t15-,18+/m0/s1. The average Bonchev–Trinajstić information content (AvgIpc) is 2.70. The summed E-state index contributed by atoms with van der Waals surface area (Å²) >= 11 is 0. The molecule has 1 spiro atoms. The predicted octanol–water partition coefficient (Wildman–Crippen LogP) is 3.26. The highest BCUT2D eigenvalue weighted by molar-refractivity contribution is 6.00.